The van der Waals surface area contributed by atoms with Crippen LogP contribution in [0.2, 0.25) is 0 Å². The smallest absolute Gasteiger partial charge is 0.340 e. The number of rotatable bonds is 8. The van der Waals surface area contributed by atoms with E-state index in [0.717, 1.165) is 17.0 Å². The first-order chi connectivity index (χ1) is 12.8. The second-order valence-corrected chi connectivity index (χ2v) is 7.39. The summed E-state index contributed by atoms with van der Waals surface area (Å²) in [4.78, 5) is 12.4. The van der Waals surface area contributed by atoms with Crippen molar-refractivity contribution in [3.8, 4) is 0 Å². The maximum Gasteiger partial charge on any atom is 0.340 e. The van der Waals surface area contributed by atoms with Crippen molar-refractivity contribution in [2.24, 2.45) is 0 Å². The minimum absolute atomic E-state index is 0.181. The van der Waals surface area contributed by atoms with Gasteiger partial charge in [-0.3, -0.25) is 0 Å². The van der Waals surface area contributed by atoms with E-state index < -0.39 is 0 Å². The minimum atomic E-state index is -0.257. The number of carbonyl (C=O) groups is 1. The molecule has 0 aliphatic carbocycles. The van der Waals surface area contributed by atoms with Gasteiger partial charge in [0.15, 0.2) is 0 Å². The van der Waals surface area contributed by atoms with Gasteiger partial charge < -0.3 is 9.14 Å². The Morgan fingerprint density at radius 3 is 2.62 bits per heavy atom. The summed E-state index contributed by atoms with van der Waals surface area (Å²) in [5.74, 6) is 0.832. The standard InChI is InChI=1S/C22H25NO2S/c1-3-5-15-26-21(17-11-7-6-8-12-17)20-16-18(22(24)25-4-2)19-13-9-10-14-23(19)20/h6-14,16,21H,3-5,15H2,1-2H3/t21-/m0/s1. The summed E-state index contributed by atoms with van der Waals surface area (Å²) in [7, 11) is 0. The molecule has 0 amide bonds. The van der Waals surface area contributed by atoms with E-state index in [1.807, 2.05) is 55.2 Å². The summed E-state index contributed by atoms with van der Waals surface area (Å²) in [5.41, 5.74) is 3.92. The number of hydrogen-bond acceptors (Lipinski definition) is 3. The summed E-state index contributed by atoms with van der Waals surface area (Å²) in [6, 6.07) is 18.5. The summed E-state index contributed by atoms with van der Waals surface area (Å²) < 4.78 is 7.40. The highest BCUT2D eigenvalue weighted by molar-refractivity contribution is 7.99. The Balaban J connectivity index is 2.08. The predicted molar refractivity (Wildman–Crippen MR) is 109 cm³/mol. The summed E-state index contributed by atoms with van der Waals surface area (Å²) in [6.07, 6.45) is 4.39. The maximum atomic E-state index is 12.4. The molecule has 1 atom stereocenters. The molecule has 0 bridgehead atoms. The number of fused-ring (bicyclic) bond motifs is 1. The molecule has 0 unspecified atom stereocenters. The Kier molecular flexibility index (Phi) is 6.40. The number of aromatic nitrogens is 1. The Morgan fingerprint density at radius 1 is 1.12 bits per heavy atom. The van der Waals surface area contributed by atoms with E-state index in [2.05, 4.69) is 35.6 Å². The summed E-state index contributed by atoms with van der Waals surface area (Å²) in [5, 5.41) is 0.181. The highest BCUT2D eigenvalue weighted by atomic mass is 32.2. The molecular weight excluding hydrogens is 342 g/mol. The number of esters is 1. The van der Waals surface area contributed by atoms with E-state index in [0.29, 0.717) is 12.2 Å². The molecule has 3 aromatic rings. The lowest BCUT2D eigenvalue weighted by molar-refractivity contribution is 0.0529. The molecule has 0 spiro atoms. The monoisotopic (exact) mass is 367 g/mol. The van der Waals surface area contributed by atoms with E-state index in [1.165, 1.54) is 18.4 Å². The molecule has 136 valence electrons. The van der Waals surface area contributed by atoms with Crippen LogP contribution >= 0.6 is 11.8 Å². The van der Waals surface area contributed by atoms with Gasteiger partial charge in [-0.25, -0.2) is 4.79 Å². The van der Waals surface area contributed by atoms with Gasteiger partial charge in [-0.1, -0.05) is 49.7 Å². The lowest BCUT2D eigenvalue weighted by Gasteiger charge is -2.17. The van der Waals surface area contributed by atoms with Crippen molar-refractivity contribution in [3.63, 3.8) is 0 Å². The molecule has 3 nitrogen and oxygen atoms in total. The number of benzene rings is 1. The highest BCUT2D eigenvalue weighted by Gasteiger charge is 2.23. The predicted octanol–water partition coefficient (Wildman–Crippen LogP) is 5.74. The van der Waals surface area contributed by atoms with Crippen molar-refractivity contribution >= 4 is 23.2 Å². The van der Waals surface area contributed by atoms with E-state index in [-0.39, 0.29) is 11.2 Å². The number of pyridine rings is 1. The van der Waals surface area contributed by atoms with Crippen molar-refractivity contribution < 1.29 is 9.53 Å². The fraction of sp³-hybridized carbons (Fsp3) is 0.318. The van der Waals surface area contributed by atoms with Crippen LogP contribution in [0.4, 0.5) is 0 Å². The van der Waals surface area contributed by atoms with Crippen molar-refractivity contribution in [1.29, 1.82) is 0 Å². The summed E-state index contributed by atoms with van der Waals surface area (Å²) >= 11 is 1.93. The van der Waals surface area contributed by atoms with Crippen molar-refractivity contribution in [2.45, 2.75) is 31.9 Å². The van der Waals surface area contributed by atoms with Crippen LogP contribution < -0.4 is 0 Å². The number of unbranched alkanes of at least 4 members (excludes halogenated alkanes) is 1. The molecule has 0 N–H and O–H groups in total. The fourth-order valence-corrected chi connectivity index (χ4v) is 4.47. The first kappa shape index (κ1) is 18.6. The van der Waals surface area contributed by atoms with Crippen LogP contribution in [0.1, 0.15) is 53.6 Å². The van der Waals surface area contributed by atoms with Crippen LogP contribution in [0.3, 0.4) is 0 Å². The summed E-state index contributed by atoms with van der Waals surface area (Å²) in [6.45, 7) is 4.43. The Labute approximate surface area is 159 Å². The number of hydrogen-bond donors (Lipinski definition) is 0. The third-order valence-corrected chi connectivity index (χ3v) is 5.73. The Bertz CT molecular complexity index is 857. The molecule has 2 aromatic heterocycles. The van der Waals surface area contributed by atoms with Crippen molar-refractivity contribution in [3.05, 3.63) is 77.6 Å². The van der Waals surface area contributed by atoms with E-state index >= 15 is 0 Å². The molecule has 0 fully saturated rings. The van der Waals surface area contributed by atoms with Gasteiger partial charge in [0.05, 0.1) is 22.9 Å². The van der Waals surface area contributed by atoms with Crippen molar-refractivity contribution in [2.75, 3.05) is 12.4 Å². The average Bonchev–Trinajstić information content (AvgIpc) is 3.06. The van der Waals surface area contributed by atoms with Crippen LogP contribution in [0, 0.1) is 0 Å². The molecule has 2 heterocycles. The van der Waals surface area contributed by atoms with E-state index in [4.69, 9.17) is 4.74 Å². The van der Waals surface area contributed by atoms with Crippen LogP contribution in [-0.2, 0) is 4.74 Å². The van der Waals surface area contributed by atoms with Gasteiger partial charge in [0.25, 0.3) is 0 Å². The number of carbonyl (C=O) groups excluding carboxylic acids is 1. The third kappa shape index (κ3) is 3.96. The molecule has 0 saturated carbocycles. The van der Waals surface area contributed by atoms with Crippen LogP contribution in [0.15, 0.2) is 60.8 Å². The van der Waals surface area contributed by atoms with Crippen LogP contribution in [0.5, 0.6) is 0 Å². The molecule has 0 aliphatic rings. The fourth-order valence-electron chi connectivity index (χ4n) is 3.08. The molecular formula is C22H25NO2S. The highest BCUT2D eigenvalue weighted by Crippen LogP contribution is 2.38. The topological polar surface area (TPSA) is 30.7 Å². The maximum absolute atomic E-state index is 12.4. The van der Waals surface area contributed by atoms with Gasteiger partial charge in [0, 0.05) is 11.9 Å². The number of nitrogens with zero attached hydrogens (tertiary/aromatic N) is 1. The van der Waals surface area contributed by atoms with Crippen LogP contribution in [0.25, 0.3) is 5.52 Å². The Hall–Kier alpha value is -2.20. The zero-order valence-electron chi connectivity index (χ0n) is 15.4. The lowest BCUT2D eigenvalue weighted by atomic mass is 10.1. The molecule has 0 radical (unpaired) electrons. The Morgan fingerprint density at radius 2 is 1.88 bits per heavy atom. The molecule has 4 heteroatoms. The van der Waals surface area contributed by atoms with Gasteiger partial charge in [0.2, 0.25) is 0 Å². The average molecular weight is 368 g/mol. The molecule has 0 saturated heterocycles. The quantitative estimate of drug-likeness (QED) is 0.376. The molecule has 1 aromatic carbocycles. The first-order valence-corrected chi connectivity index (χ1v) is 10.2. The van der Waals surface area contributed by atoms with Gasteiger partial charge in [-0.2, -0.15) is 0 Å². The molecule has 3 rings (SSSR count). The SMILES string of the molecule is CCCCS[C@@H](c1ccccc1)c1cc(C(=O)OCC)c2ccccn12. The van der Waals surface area contributed by atoms with Gasteiger partial charge >= 0.3 is 5.97 Å². The van der Waals surface area contributed by atoms with Gasteiger partial charge in [-0.05, 0) is 42.9 Å². The second-order valence-electron chi connectivity index (χ2n) is 6.17. The van der Waals surface area contributed by atoms with Gasteiger partial charge in [0.1, 0.15) is 0 Å². The largest absolute Gasteiger partial charge is 0.462 e. The van der Waals surface area contributed by atoms with Crippen molar-refractivity contribution in [1.82, 2.24) is 4.40 Å². The lowest BCUT2D eigenvalue weighted by Crippen LogP contribution is -2.03. The van der Waals surface area contributed by atoms with E-state index in [9.17, 15) is 4.79 Å². The first-order valence-electron chi connectivity index (χ1n) is 9.19. The molecule has 0 aliphatic heterocycles. The van der Waals surface area contributed by atoms with E-state index in [1.54, 1.807) is 0 Å². The molecule has 26 heavy (non-hydrogen) atoms. The number of thioether (sulfide) groups is 1. The third-order valence-electron chi connectivity index (χ3n) is 4.35. The normalized spacial score (nSPS) is 12.2. The number of ether oxygens (including phenoxy) is 1. The van der Waals surface area contributed by atoms with Gasteiger partial charge in [-0.15, -0.1) is 11.8 Å². The van der Waals surface area contributed by atoms with Crippen LogP contribution in [-0.4, -0.2) is 22.7 Å². The minimum Gasteiger partial charge on any atom is -0.462 e. The second kappa shape index (κ2) is 8.95. The zero-order valence-corrected chi connectivity index (χ0v) is 16.2. The zero-order chi connectivity index (χ0) is 18.4.